The lowest BCUT2D eigenvalue weighted by atomic mass is 10.2. The number of nitrogens with zero attached hydrogens (tertiary/aromatic N) is 1. The van der Waals surface area contributed by atoms with Crippen LogP contribution < -0.4 is 0 Å². The van der Waals surface area contributed by atoms with Gasteiger partial charge in [0, 0.05) is 0 Å². The van der Waals surface area contributed by atoms with E-state index in [0.717, 1.165) is 6.07 Å². The molecule has 0 bridgehead atoms. The number of carbonyl (C=O) groups is 1. The fourth-order valence-corrected chi connectivity index (χ4v) is 1.65. The molecule has 0 atom stereocenters. The van der Waals surface area contributed by atoms with Crippen molar-refractivity contribution in [3.63, 3.8) is 0 Å². The zero-order chi connectivity index (χ0) is 13.0. The number of alkyl halides is 2. The molecule has 1 heterocycles. The summed E-state index contributed by atoms with van der Waals surface area (Å²) in [5.41, 5.74) is -0.449. The van der Waals surface area contributed by atoms with E-state index in [1.54, 1.807) is 6.92 Å². The number of ether oxygens (including phenoxy) is 1. The van der Waals surface area contributed by atoms with Crippen molar-refractivity contribution >= 4 is 21.9 Å². The molecule has 0 amide bonds. The summed E-state index contributed by atoms with van der Waals surface area (Å²) in [5, 5.41) is 9.32. The Labute approximate surface area is 105 Å². The Balaban J connectivity index is 2.98. The van der Waals surface area contributed by atoms with Crippen molar-refractivity contribution in [2.75, 3.05) is 6.61 Å². The van der Waals surface area contributed by atoms with Crippen LogP contribution in [0.3, 0.4) is 0 Å². The molecule has 0 aromatic carbocycles. The first-order valence-electron chi connectivity index (χ1n) is 4.77. The molecule has 0 saturated carbocycles. The zero-order valence-corrected chi connectivity index (χ0v) is 10.5. The Bertz CT molecular complexity index is 426. The van der Waals surface area contributed by atoms with Crippen molar-refractivity contribution in [3.05, 3.63) is 21.9 Å². The number of halogens is 3. The quantitative estimate of drug-likeness (QED) is 0.686. The summed E-state index contributed by atoms with van der Waals surface area (Å²) in [6.07, 6.45) is -3.05. The van der Waals surface area contributed by atoms with Gasteiger partial charge >= 0.3 is 5.97 Å². The molecule has 0 aliphatic carbocycles. The Morgan fingerprint density at radius 2 is 2.29 bits per heavy atom. The summed E-state index contributed by atoms with van der Waals surface area (Å²) in [5.74, 6) is -1.18. The molecule has 1 aromatic heterocycles. The van der Waals surface area contributed by atoms with Gasteiger partial charge in [-0.25, -0.2) is 13.8 Å². The molecule has 94 valence electrons. The van der Waals surface area contributed by atoms with Gasteiger partial charge in [-0.05, 0) is 28.9 Å². The fourth-order valence-electron chi connectivity index (χ4n) is 1.20. The van der Waals surface area contributed by atoms with Gasteiger partial charge < -0.3 is 9.84 Å². The van der Waals surface area contributed by atoms with Crippen LogP contribution in [0.15, 0.2) is 10.7 Å². The predicted octanol–water partition coefficient (Wildman–Crippen LogP) is 2.59. The highest BCUT2D eigenvalue weighted by atomic mass is 79.9. The second-order valence-electron chi connectivity index (χ2n) is 3.12. The zero-order valence-electron chi connectivity index (χ0n) is 8.91. The maximum atomic E-state index is 12.5. The van der Waals surface area contributed by atoms with Crippen LogP contribution in [0, 0.1) is 0 Å². The Kier molecular flexibility index (Phi) is 4.80. The molecule has 0 saturated heterocycles. The first-order valence-corrected chi connectivity index (χ1v) is 5.57. The number of esters is 1. The number of aromatic hydroxyl groups is 1. The molecule has 1 N–H and O–H groups in total. The summed E-state index contributed by atoms with van der Waals surface area (Å²) in [6.45, 7) is 1.85. The number of hydrogen-bond acceptors (Lipinski definition) is 4. The van der Waals surface area contributed by atoms with E-state index < -0.39 is 23.7 Å². The molecule has 17 heavy (non-hydrogen) atoms. The van der Waals surface area contributed by atoms with Crippen LogP contribution in [0.4, 0.5) is 8.78 Å². The topological polar surface area (TPSA) is 59.4 Å². The summed E-state index contributed by atoms with van der Waals surface area (Å²) in [4.78, 5) is 14.9. The normalized spacial score (nSPS) is 10.6. The molecule has 4 nitrogen and oxygen atoms in total. The number of aromatic nitrogens is 1. The van der Waals surface area contributed by atoms with E-state index in [1.165, 1.54) is 0 Å². The molecule has 1 aromatic rings. The van der Waals surface area contributed by atoms with Crippen molar-refractivity contribution in [2.45, 2.75) is 19.8 Å². The van der Waals surface area contributed by atoms with Crippen LogP contribution in [0.5, 0.6) is 5.75 Å². The van der Waals surface area contributed by atoms with Crippen molar-refractivity contribution in [2.24, 2.45) is 0 Å². The van der Waals surface area contributed by atoms with E-state index in [0.29, 0.717) is 0 Å². The average Bonchev–Trinajstić information content (AvgIpc) is 2.23. The minimum atomic E-state index is -2.84. The molecular weight excluding hydrogens is 300 g/mol. The molecular formula is C10H10BrF2NO3. The minimum absolute atomic E-state index is 0.114. The second-order valence-corrected chi connectivity index (χ2v) is 3.88. The van der Waals surface area contributed by atoms with E-state index in [2.05, 4.69) is 25.7 Å². The maximum Gasteiger partial charge on any atom is 0.311 e. The van der Waals surface area contributed by atoms with Gasteiger partial charge in [0.2, 0.25) is 0 Å². The summed E-state index contributed by atoms with van der Waals surface area (Å²) in [6, 6.07) is 0.988. The molecule has 0 aliphatic heterocycles. The van der Waals surface area contributed by atoms with E-state index in [9.17, 15) is 18.7 Å². The van der Waals surface area contributed by atoms with Crippen LogP contribution in [0.2, 0.25) is 0 Å². The minimum Gasteiger partial charge on any atom is -0.505 e. The van der Waals surface area contributed by atoms with Gasteiger partial charge in [0.25, 0.3) is 6.43 Å². The highest BCUT2D eigenvalue weighted by Crippen LogP contribution is 2.33. The SMILES string of the molecule is CCOC(=O)Cc1cc(C(F)F)c(O)c(Br)n1. The molecule has 0 radical (unpaired) electrons. The van der Waals surface area contributed by atoms with Gasteiger partial charge in [-0.1, -0.05) is 0 Å². The van der Waals surface area contributed by atoms with Crippen molar-refractivity contribution in [1.82, 2.24) is 4.98 Å². The smallest absolute Gasteiger partial charge is 0.311 e. The maximum absolute atomic E-state index is 12.5. The summed E-state index contributed by atoms with van der Waals surface area (Å²) >= 11 is 2.85. The third-order valence-corrected chi connectivity index (χ3v) is 2.45. The third-order valence-electron chi connectivity index (χ3n) is 1.90. The first-order chi connectivity index (χ1) is 7.95. The van der Waals surface area contributed by atoms with Gasteiger partial charge in [0.1, 0.15) is 4.60 Å². The van der Waals surface area contributed by atoms with E-state index in [4.69, 9.17) is 0 Å². The molecule has 0 spiro atoms. The molecule has 0 aliphatic rings. The Hall–Kier alpha value is -1.24. The number of carbonyl (C=O) groups excluding carboxylic acids is 1. The van der Waals surface area contributed by atoms with Crippen LogP contribution in [0.25, 0.3) is 0 Å². The fraction of sp³-hybridized carbons (Fsp3) is 0.400. The molecule has 7 heteroatoms. The van der Waals surface area contributed by atoms with Gasteiger partial charge in [0.15, 0.2) is 5.75 Å². The summed E-state index contributed by atoms with van der Waals surface area (Å²) < 4.78 is 29.7. The van der Waals surface area contributed by atoms with Crippen molar-refractivity contribution < 1.29 is 23.4 Å². The average molecular weight is 310 g/mol. The summed E-state index contributed by atoms with van der Waals surface area (Å²) in [7, 11) is 0. The van der Waals surface area contributed by atoms with Crippen LogP contribution in [0.1, 0.15) is 24.6 Å². The largest absolute Gasteiger partial charge is 0.505 e. The van der Waals surface area contributed by atoms with Crippen LogP contribution in [-0.2, 0) is 16.0 Å². The van der Waals surface area contributed by atoms with Gasteiger partial charge in [-0.15, -0.1) is 0 Å². The lowest BCUT2D eigenvalue weighted by Crippen LogP contribution is -2.09. The molecule has 1 rings (SSSR count). The lowest BCUT2D eigenvalue weighted by molar-refractivity contribution is -0.142. The van der Waals surface area contributed by atoms with Gasteiger partial charge in [0.05, 0.1) is 24.3 Å². The monoisotopic (exact) mass is 309 g/mol. The Morgan fingerprint density at radius 3 is 2.82 bits per heavy atom. The van der Waals surface area contributed by atoms with Crippen LogP contribution in [-0.4, -0.2) is 22.7 Å². The number of hydrogen-bond donors (Lipinski definition) is 1. The number of rotatable bonds is 4. The highest BCUT2D eigenvalue weighted by Gasteiger charge is 2.19. The van der Waals surface area contributed by atoms with Crippen LogP contribution >= 0.6 is 15.9 Å². The third kappa shape index (κ3) is 3.62. The van der Waals surface area contributed by atoms with E-state index >= 15 is 0 Å². The molecule has 0 fully saturated rings. The van der Waals surface area contributed by atoms with Gasteiger partial charge in [-0.2, -0.15) is 0 Å². The first kappa shape index (κ1) is 13.8. The number of pyridine rings is 1. The van der Waals surface area contributed by atoms with E-state index in [-0.39, 0.29) is 23.3 Å². The standard InChI is InChI=1S/C10H10BrF2NO3/c1-2-17-7(15)4-5-3-6(10(12)13)8(16)9(11)14-5/h3,10,16H,2,4H2,1H3. The highest BCUT2D eigenvalue weighted by molar-refractivity contribution is 9.10. The molecule has 0 unspecified atom stereocenters. The lowest BCUT2D eigenvalue weighted by Gasteiger charge is -2.08. The predicted molar refractivity (Wildman–Crippen MR) is 58.9 cm³/mol. The van der Waals surface area contributed by atoms with E-state index in [1.807, 2.05) is 0 Å². The van der Waals surface area contributed by atoms with Gasteiger partial charge in [-0.3, -0.25) is 4.79 Å². The second kappa shape index (κ2) is 5.90. The van der Waals surface area contributed by atoms with Crippen molar-refractivity contribution in [1.29, 1.82) is 0 Å². The van der Waals surface area contributed by atoms with Crippen molar-refractivity contribution in [3.8, 4) is 5.75 Å². The Morgan fingerprint density at radius 1 is 1.65 bits per heavy atom.